The molecule has 0 spiro atoms. The fraction of sp³-hybridized carbons (Fsp3) is 0.462. The van der Waals surface area contributed by atoms with Crippen molar-refractivity contribution in [1.82, 2.24) is 0 Å². The largest absolute Gasteiger partial charge is 0.497 e. The lowest BCUT2D eigenvalue weighted by molar-refractivity contribution is -0.121. The molecule has 0 saturated carbocycles. The molecule has 0 saturated heterocycles. The zero-order chi connectivity index (χ0) is 21.7. The van der Waals surface area contributed by atoms with E-state index in [1.54, 1.807) is 7.11 Å². The van der Waals surface area contributed by atoms with Crippen molar-refractivity contribution in [2.45, 2.75) is 57.2 Å². The highest BCUT2D eigenvalue weighted by Crippen LogP contribution is 2.18. The van der Waals surface area contributed by atoms with E-state index in [1.165, 1.54) is 0 Å². The molecule has 0 unspecified atom stereocenters. The van der Waals surface area contributed by atoms with Gasteiger partial charge in [-0.15, -0.1) is 0 Å². The van der Waals surface area contributed by atoms with Gasteiger partial charge < -0.3 is 24.1 Å². The van der Waals surface area contributed by atoms with Crippen LogP contribution in [-0.4, -0.2) is 43.7 Å². The molecule has 2 aromatic rings. The second-order valence-electron chi connectivity index (χ2n) is 7.87. The average Bonchev–Trinajstić information content (AvgIpc) is 2.92. The molecule has 0 fully saturated rings. The molecule has 1 heterocycles. The van der Waals surface area contributed by atoms with Crippen LogP contribution in [0, 0.1) is 0 Å². The zero-order valence-corrected chi connectivity index (χ0v) is 18.3. The SMILES string of the molecule is COc1ccc(COC[C@@H](O)[C@@H]2C/C=C\CCC[C@@H](COCc3ccccc3)O2)cc1. The van der Waals surface area contributed by atoms with E-state index in [-0.39, 0.29) is 18.8 Å². The van der Waals surface area contributed by atoms with Crippen LogP contribution in [0.25, 0.3) is 0 Å². The Morgan fingerprint density at radius 2 is 1.71 bits per heavy atom. The number of ether oxygens (including phenoxy) is 4. The van der Waals surface area contributed by atoms with Crippen LogP contribution in [0.4, 0.5) is 0 Å². The van der Waals surface area contributed by atoms with Crippen molar-refractivity contribution in [2.75, 3.05) is 20.3 Å². The summed E-state index contributed by atoms with van der Waals surface area (Å²) in [6, 6.07) is 17.9. The molecule has 1 aliphatic heterocycles. The zero-order valence-electron chi connectivity index (χ0n) is 18.3. The lowest BCUT2D eigenvalue weighted by Crippen LogP contribution is -2.37. The molecule has 168 valence electrons. The summed E-state index contributed by atoms with van der Waals surface area (Å²) in [7, 11) is 1.65. The molecular weight excluding hydrogens is 392 g/mol. The Morgan fingerprint density at radius 1 is 0.968 bits per heavy atom. The quantitative estimate of drug-likeness (QED) is 0.560. The molecule has 3 rings (SSSR count). The van der Waals surface area contributed by atoms with Crippen LogP contribution in [0.3, 0.4) is 0 Å². The maximum Gasteiger partial charge on any atom is 0.118 e. The highest BCUT2D eigenvalue weighted by Gasteiger charge is 2.24. The topological polar surface area (TPSA) is 57.2 Å². The molecule has 5 nitrogen and oxygen atoms in total. The summed E-state index contributed by atoms with van der Waals surface area (Å²) < 4.78 is 23.1. The smallest absolute Gasteiger partial charge is 0.118 e. The molecule has 0 amide bonds. The fourth-order valence-corrected chi connectivity index (χ4v) is 3.56. The van der Waals surface area contributed by atoms with Crippen LogP contribution in [0.1, 0.15) is 36.8 Å². The van der Waals surface area contributed by atoms with Crippen LogP contribution in [-0.2, 0) is 27.4 Å². The van der Waals surface area contributed by atoms with Gasteiger partial charge in [-0.1, -0.05) is 54.6 Å². The standard InChI is InChI=1S/C26H34O5/c1-28-23-15-13-22(14-16-23)18-30-20-25(27)26-12-8-3-2-7-11-24(31-26)19-29-17-21-9-5-4-6-10-21/h3-6,8-10,13-16,24-27H,2,7,11-12,17-20H2,1H3/b8-3-/t24-,25+,26-/m0/s1. The van der Waals surface area contributed by atoms with Crippen molar-refractivity contribution in [3.8, 4) is 5.75 Å². The predicted molar refractivity (Wildman–Crippen MR) is 121 cm³/mol. The van der Waals surface area contributed by atoms with Gasteiger partial charge in [0.2, 0.25) is 0 Å². The third-order valence-electron chi connectivity index (χ3n) is 5.36. The van der Waals surface area contributed by atoms with E-state index >= 15 is 0 Å². The molecule has 1 N–H and O–H groups in total. The first-order valence-corrected chi connectivity index (χ1v) is 11.1. The number of aliphatic hydroxyl groups is 1. The second-order valence-corrected chi connectivity index (χ2v) is 7.87. The monoisotopic (exact) mass is 426 g/mol. The van der Waals surface area contributed by atoms with E-state index in [4.69, 9.17) is 18.9 Å². The van der Waals surface area contributed by atoms with Crippen molar-refractivity contribution in [3.05, 3.63) is 77.9 Å². The Hall–Kier alpha value is -2.18. The van der Waals surface area contributed by atoms with E-state index in [1.807, 2.05) is 42.5 Å². The van der Waals surface area contributed by atoms with E-state index in [2.05, 4.69) is 24.3 Å². The Kier molecular flexibility index (Phi) is 10.1. The minimum atomic E-state index is -0.697. The van der Waals surface area contributed by atoms with Crippen LogP contribution < -0.4 is 4.74 Å². The van der Waals surface area contributed by atoms with E-state index < -0.39 is 6.10 Å². The van der Waals surface area contributed by atoms with Crippen molar-refractivity contribution < 1.29 is 24.1 Å². The molecule has 0 bridgehead atoms. The molecule has 0 aliphatic carbocycles. The lowest BCUT2D eigenvalue weighted by atomic mass is 10.1. The first-order chi connectivity index (χ1) is 15.2. The third kappa shape index (κ3) is 8.46. The summed E-state index contributed by atoms with van der Waals surface area (Å²) in [6.45, 7) is 1.75. The average molecular weight is 427 g/mol. The minimum absolute atomic E-state index is 0.0372. The van der Waals surface area contributed by atoms with Gasteiger partial charge in [-0.2, -0.15) is 0 Å². The molecular formula is C26H34O5. The number of hydrogen-bond donors (Lipinski definition) is 1. The first-order valence-electron chi connectivity index (χ1n) is 11.1. The van der Waals surface area contributed by atoms with Crippen molar-refractivity contribution in [1.29, 1.82) is 0 Å². The van der Waals surface area contributed by atoms with Gasteiger partial charge in [-0.25, -0.2) is 0 Å². The summed E-state index contributed by atoms with van der Waals surface area (Å²) in [4.78, 5) is 0. The van der Waals surface area contributed by atoms with Gasteiger partial charge in [0.05, 0.1) is 45.7 Å². The van der Waals surface area contributed by atoms with Gasteiger partial charge in [-0.05, 0) is 48.9 Å². The van der Waals surface area contributed by atoms with Gasteiger partial charge >= 0.3 is 0 Å². The van der Waals surface area contributed by atoms with Crippen molar-refractivity contribution in [2.24, 2.45) is 0 Å². The number of aliphatic hydroxyl groups excluding tert-OH is 1. The Morgan fingerprint density at radius 3 is 2.48 bits per heavy atom. The number of benzene rings is 2. The summed E-state index contributed by atoms with van der Waals surface area (Å²) >= 11 is 0. The first kappa shape index (κ1) is 23.5. The van der Waals surface area contributed by atoms with Gasteiger partial charge in [-0.3, -0.25) is 0 Å². The predicted octanol–water partition coefficient (Wildman–Crippen LogP) is 4.67. The number of allylic oxidation sites excluding steroid dienone is 1. The summed E-state index contributed by atoms with van der Waals surface area (Å²) in [5.41, 5.74) is 2.19. The molecule has 31 heavy (non-hydrogen) atoms. The number of rotatable bonds is 10. The fourth-order valence-electron chi connectivity index (χ4n) is 3.56. The van der Waals surface area contributed by atoms with Gasteiger partial charge in [0.25, 0.3) is 0 Å². The van der Waals surface area contributed by atoms with Crippen LogP contribution in [0.15, 0.2) is 66.7 Å². The lowest BCUT2D eigenvalue weighted by Gasteiger charge is -2.27. The summed E-state index contributed by atoms with van der Waals surface area (Å²) in [6.07, 6.45) is 6.89. The highest BCUT2D eigenvalue weighted by atomic mass is 16.6. The molecule has 0 radical (unpaired) electrons. The number of hydrogen-bond acceptors (Lipinski definition) is 5. The molecule has 3 atom stereocenters. The van der Waals surface area contributed by atoms with Crippen molar-refractivity contribution in [3.63, 3.8) is 0 Å². The van der Waals surface area contributed by atoms with Gasteiger partial charge in [0.1, 0.15) is 11.9 Å². The normalized spacial score (nSPS) is 21.5. The second kappa shape index (κ2) is 13.3. The molecule has 2 aromatic carbocycles. The van der Waals surface area contributed by atoms with E-state index in [0.717, 1.165) is 36.1 Å². The van der Waals surface area contributed by atoms with Gasteiger partial charge in [0.15, 0.2) is 0 Å². The van der Waals surface area contributed by atoms with Crippen molar-refractivity contribution >= 4 is 0 Å². The van der Waals surface area contributed by atoms with Crippen LogP contribution >= 0.6 is 0 Å². The summed E-state index contributed by atoms with van der Waals surface area (Å²) in [5.74, 6) is 0.815. The summed E-state index contributed by atoms with van der Waals surface area (Å²) in [5, 5.41) is 10.7. The highest BCUT2D eigenvalue weighted by molar-refractivity contribution is 5.26. The van der Waals surface area contributed by atoms with Crippen LogP contribution in [0.5, 0.6) is 5.75 Å². The Bertz CT molecular complexity index is 759. The maximum atomic E-state index is 10.7. The Labute approximate surface area is 185 Å². The number of methoxy groups -OCH3 is 1. The van der Waals surface area contributed by atoms with Crippen LogP contribution in [0.2, 0.25) is 0 Å². The van der Waals surface area contributed by atoms with Gasteiger partial charge in [0, 0.05) is 0 Å². The molecule has 5 heteroatoms. The minimum Gasteiger partial charge on any atom is -0.497 e. The third-order valence-corrected chi connectivity index (χ3v) is 5.36. The molecule has 1 aliphatic rings. The van der Waals surface area contributed by atoms with E-state index in [9.17, 15) is 5.11 Å². The Balaban J connectivity index is 1.46. The molecule has 0 aromatic heterocycles. The maximum absolute atomic E-state index is 10.7. The van der Waals surface area contributed by atoms with E-state index in [0.29, 0.717) is 26.2 Å².